The zero-order valence-corrected chi connectivity index (χ0v) is 9.14. The number of likely N-dealkylation sites (N-methyl/N-ethyl adjacent to an activating group) is 1. The van der Waals surface area contributed by atoms with E-state index in [1.807, 2.05) is 0 Å². The van der Waals surface area contributed by atoms with E-state index in [2.05, 4.69) is 31.3 Å². The summed E-state index contributed by atoms with van der Waals surface area (Å²) in [7, 11) is 4.34. The first-order chi connectivity index (χ1) is 6.17. The standard InChI is InChI=1S/C10H23N3/c1-4-9(12-11)10(13(2)3)7-5-6-8-10/h9,12H,4-8,11H2,1-3H3. The molecule has 1 atom stereocenters. The van der Waals surface area contributed by atoms with Gasteiger partial charge in [0.05, 0.1) is 0 Å². The van der Waals surface area contributed by atoms with Gasteiger partial charge in [-0.3, -0.25) is 11.3 Å². The minimum Gasteiger partial charge on any atom is -0.302 e. The molecule has 78 valence electrons. The Kier molecular flexibility index (Phi) is 3.71. The fourth-order valence-corrected chi connectivity index (χ4v) is 2.75. The van der Waals surface area contributed by atoms with Gasteiger partial charge in [0.25, 0.3) is 0 Å². The third-order valence-electron chi connectivity index (χ3n) is 3.62. The van der Waals surface area contributed by atoms with Crippen LogP contribution in [0.1, 0.15) is 39.0 Å². The molecule has 0 radical (unpaired) electrons. The highest BCUT2D eigenvalue weighted by Crippen LogP contribution is 2.37. The summed E-state index contributed by atoms with van der Waals surface area (Å²) >= 11 is 0. The highest BCUT2D eigenvalue weighted by Gasteiger charge is 2.41. The van der Waals surface area contributed by atoms with Crippen LogP contribution in [0.15, 0.2) is 0 Å². The predicted octanol–water partition coefficient (Wildman–Crippen LogP) is 1.10. The van der Waals surface area contributed by atoms with Gasteiger partial charge in [-0.1, -0.05) is 19.8 Å². The van der Waals surface area contributed by atoms with Crippen molar-refractivity contribution >= 4 is 0 Å². The Morgan fingerprint density at radius 3 is 2.23 bits per heavy atom. The van der Waals surface area contributed by atoms with Crippen LogP contribution in [0.25, 0.3) is 0 Å². The van der Waals surface area contributed by atoms with Crippen LogP contribution in [-0.4, -0.2) is 30.6 Å². The summed E-state index contributed by atoms with van der Waals surface area (Å²) in [6, 6.07) is 0.435. The molecule has 3 N–H and O–H groups in total. The number of hydrogen-bond donors (Lipinski definition) is 2. The maximum atomic E-state index is 5.61. The minimum absolute atomic E-state index is 0.309. The third kappa shape index (κ3) is 1.87. The second-order valence-electron chi connectivity index (χ2n) is 4.33. The summed E-state index contributed by atoms with van der Waals surface area (Å²) in [4.78, 5) is 2.36. The zero-order chi connectivity index (χ0) is 9.90. The second kappa shape index (κ2) is 4.40. The van der Waals surface area contributed by atoms with Gasteiger partial charge in [-0.15, -0.1) is 0 Å². The zero-order valence-electron chi connectivity index (χ0n) is 9.14. The first kappa shape index (κ1) is 11.0. The van der Waals surface area contributed by atoms with Crippen molar-refractivity contribution in [2.24, 2.45) is 5.84 Å². The maximum Gasteiger partial charge on any atom is 0.0391 e. The fraction of sp³-hybridized carbons (Fsp3) is 1.00. The van der Waals surface area contributed by atoms with Gasteiger partial charge in [0, 0.05) is 11.6 Å². The van der Waals surface area contributed by atoms with Gasteiger partial charge in [0.1, 0.15) is 0 Å². The van der Waals surface area contributed by atoms with Gasteiger partial charge in [0.2, 0.25) is 0 Å². The Hall–Kier alpha value is -0.120. The van der Waals surface area contributed by atoms with Gasteiger partial charge in [-0.25, -0.2) is 0 Å². The molecule has 0 aliphatic heterocycles. The molecule has 1 aliphatic carbocycles. The number of hydrazine groups is 1. The predicted molar refractivity (Wildman–Crippen MR) is 56.3 cm³/mol. The lowest BCUT2D eigenvalue weighted by Crippen LogP contribution is -2.59. The summed E-state index contributed by atoms with van der Waals surface area (Å²) in [6.07, 6.45) is 6.35. The molecule has 3 nitrogen and oxygen atoms in total. The molecule has 0 aromatic rings. The molecule has 0 bridgehead atoms. The normalized spacial score (nSPS) is 23.8. The summed E-state index contributed by atoms with van der Waals surface area (Å²) < 4.78 is 0. The van der Waals surface area contributed by atoms with Gasteiger partial charge >= 0.3 is 0 Å². The molecule has 1 aliphatic rings. The van der Waals surface area contributed by atoms with E-state index in [0.717, 1.165) is 6.42 Å². The molecule has 0 amide bonds. The summed E-state index contributed by atoms with van der Waals surface area (Å²) in [5.41, 5.74) is 3.28. The number of hydrogen-bond acceptors (Lipinski definition) is 3. The minimum atomic E-state index is 0.309. The van der Waals surface area contributed by atoms with E-state index in [1.54, 1.807) is 0 Å². The molecule has 0 heterocycles. The molecule has 1 unspecified atom stereocenters. The highest BCUT2D eigenvalue weighted by molar-refractivity contribution is 5.00. The van der Waals surface area contributed by atoms with Crippen LogP contribution in [0.5, 0.6) is 0 Å². The lowest BCUT2D eigenvalue weighted by molar-refractivity contribution is 0.102. The molecule has 1 fully saturated rings. The van der Waals surface area contributed by atoms with E-state index in [9.17, 15) is 0 Å². The van der Waals surface area contributed by atoms with Crippen LogP contribution in [0.4, 0.5) is 0 Å². The highest BCUT2D eigenvalue weighted by atomic mass is 15.3. The van der Waals surface area contributed by atoms with Crippen LogP contribution >= 0.6 is 0 Å². The third-order valence-corrected chi connectivity index (χ3v) is 3.62. The molecule has 1 saturated carbocycles. The maximum absolute atomic E-state index is 5.61. The van der Waals surface area contributed by atoms with Crippen LogP contribution in [0, 0.1) is 0 Å². The van der Waals surface area contributed by atoms with Gasteiger partial charge in [0.15, 0.2) is 0 Å². The smallest absolute Gasteiger partial charge is 0.0391 e. The largest absolute Gasteiger partial charge is 0.302 e. The molecule has 0 aromatic heterocycles. The molecular formula is C10H23N3. The average molecular weight is 185 g/mol. The molecule has 1 rings (SSSR count). The van der Waals surface area contributed by atoms with Crippen molar-refractivity contribution in [1.29, 1.82) is 0 Å². The average Bonchev–Trinajstić information content (AvgIpc) is 2.56. The molecule has 13 heavy (non-hydrogen) atoms. The number of nitrogens with zero attached hydrogens (tertiary/aromatic N) is 1. The second-order valence-corrected chi connectivity index (χ2v) is 4.33. The topological polar surface area (TPSA) is 41.3 Å². The quantitative estimate of drug-likeness (QED) is 0.509. The van der Waals surface area contributed by atoms with Crippen LogP contribution in [-0.2, 0) is 0 Å². The Morgan fingerprint density at radius 2 is 1.92 bits per heavy atom. The molecule has 0 spiro atoms. The van der Waals surface area contributed by atoms with Gasteiger partial charge in [-0.05, 0) is 33.4 Å². The van der Waals surface area contributed by atoms with Gasteiger partial charge < -0.3 is 4.90 Å². The Morgan fingerprint density at radius 1 is 1.38 bits per heavy atom. The van der Waals surface area contributed by atoms with Crippen molar-refractivity contribution < 1.29 is 0 Å². The number of nitrogens with one attached hydrogen (secondary N) is 1. The van der Waals surface area contributed by atoms with Crippen LogP contribution < -0.4 is 11.3 Å². The van der Waals surface area contributed by atoms with Crippen molar-refractivity contribution in [3.63, 3.8) is 0 Å². The van der Waals surface area contributed by atoms with Crippen LogP contribution in [0.2, 0.25) is 0 Å². The summed E-state index contributed by atoms with van der Waals surface area (Å²) in [5.74, 6) is 5.61. The van der Waals surface area contributed by atoms with Crippen molar-refractivity contribution in [2.75, 3.05) is 14.1 Å². The van der Waals surface area contributed by atoms with E-state index in [-0.39, 0.29) is 0 Å². The van der Waals surface area contributed by atoms with Crippen LogP contribution in [0.3, 0.4) is 0 Å². The molecular weight excluding hydrogens is 162 g/mol. The lowest BCUT2D eigenvalue weighted by Gasteiger charge is -2.42. The van der Waals surface area contributed by atoms with Gasteiger partial charge in [-0.2, -0.15) is 0 Å². The van der Waals surface area contributed by atoms with E-state index < -0.39 is 0 Å². The van der Waals surface area contributed by atoms with E-state index in [0.29, 0.717) is 11.6 Å². The number of nitrogens with two attached hydrogens (primary N) is 1. The summed E-state index contributed by atoms with van der Waals surface area (Å²) in [6.45, 7) is 2.20. The Labute approximate surface area is 81.6 Å². The van der Waals surface area contributed by atoms with Crippen molar-refractivity contribution in [3.8, 4) is 0 Å². The Balaban J connectivity index is 2.76. The summed E-state index contributed by atoms with van der Waals surface area (Å²) in [5, 5.41) is 0. The monoisotopic (exact) mass is 185 g/mol. The first-order valence-electron chi connectivity index (χ1n) is 5.31. The van der Waals surface area contributed by atoms with Crippen molar-refractivity contribution in [1.82, 2.24) is 10.3 Å². The molecule has 3 heteroatoms. The van der Waals surface area contributed by atoms with E-state index in [1.165, 1.54) is 25.7 Å². The fourth-order valence-electron chi connectivity index (χ4n) is 2.75. The SMILES string of the molecule is CCC(NN)C1(N(C)C)CCCC1. The first-order valence-corrected chi connectivity index (χ1v) is 5.31. The number of rotatable bonds is 4. The van der Waals surface area contributed by atoms with E-state index >= 15 is 0 Å². The molecule has 0 aromatic carbocycles. The van der Waals surface area contributed by atoms with Crippen molar-refractivity contribution in [2.45, 2.75) is 50.6 Å². The Bertz CT molecular complexity index is 146. The van der Waals surface area contributed by atoms with Crippen molar-refractivity contribution in [3.05, 3.63) is 0 Å². The molecule has 0 saturated heterocycles. The van der Waals surface area contributed by atoms with E-state index in [4.69, 9.17) is 5.84 Å². The lowest BCUT2D eigenvalue weighted by atomic mass is 9.85.